The van der Waals surface area contributed by atoms with Crippen molar-refractivity contribution in [3.8, 4) is 0 Å². The summed E-state index contributed by atoms with van der Waals surface area (Å²) in [4.78, 5) is 12.5. The van der Waals surface area contributed by atoms with Crippen LogP contribution in [-0.2, 0) is 14.8 Å². The number of carbonyl (C=O) groups is 1. The maximum atomic E-state index is 12.5. The van der Waals surface area contributed by atoms with Crippen LogP contribution < -0.4 is 10.0 Å². The lowest BCUT2D eigenvalue weighted by Crippen LogP contribution is -2.70. The predicted molar refractivity (Wildman–Crippen MR) is 81.7 cm³/mol. The minimum atomic E-state index is -3.39. The van der Waals surface area contributed by atoms with Gasteiger partial charge in [0.25, 0.3) is 5.91 Å². The Morgan fingerprint density at radius 2 is 2.21 bits per heavy atom. The first-order chi connectivity index (χ1) is 11.4. The number of rotatable bonds is 4. The smallest absolute Gasteiger partial charge is 0.253 e. The highest BCUT2D eigenvalue weighted by Crippen LogP contribution is 2.39. The van der Waals surface area contributed by atoms with E-state index in [0.717, 1.165) is 12.7 Å². The molecule has 0 spiro atoms. The van der Waals surface area contributed by atoms with Crippen molar-refractivity contribution >= 4 is 21.6 Å². The summed E-state index contributed by atoms with van der Waals surface area (Å²) in [6.07, 6.45) is 3.24. The molecule has 0 radical (unpaired) electrons. The molecule has 3 heterocycles. The van der Waals surface area contributed by atoms with Crippen molar-refractivity contribution in [3.63, 3.8) is 0 Å². The lowest BCUT2D eigenvalue weighted by Gasteiger charge is -2.47. The molecular weight excluding hydrogens is 336 g/mol. The van der Waals surface area contributed by atoms with Gasteiger partial charge in [-0.15, -0.1) is 5.10 Å². The van der Waals surface area contributed by atoms with E-state index in [2.05, 4.69) is 25.6 Å². The highest BCUT2D eigenvalue weighted by atomic mass is 32.2. The average molecular weight is 352 g/mol. The fourth-order valence-electron chi connectivity index (χ4n) is 3.40. The number of fused-ring (bicyclic) bond motifs is 2. The van der Waals surface area contributed by atoms with Gasteiger partial charge in [-0.2, -0.15) is 4.52 Å². The summed E-state index contributed by atoms with van der Waals surface area (Å²) in [6, 6.07) is 2.52. The third-order valence-electron chi connectivity index (χ3n) is 4.49. The maximum Gasteiger partial charge on any atom is 0.253 e. The molecule has 2 aromatic rings. The summed E-state index contributed by atoms with van der Waals surface area (Å²) in [5, 5.41) is 14.0. The first kappa shape index (κ1) is 15.4. The molecule has 0 unspecified atom stereocenters. The molecule has 11 heteroatoms. The lowest BCUT2D eigenvalue weighted by molar-refractivity contribution is -0.0194. The van der Waals surface area contributed by atoms with Crippen molar-refractivity contribution in [1.29, 1.82) is 0 Å². The van der Waals surface area contributed by atoms with Crippen molar-refractivity contribution in [1.82, 2.24) is 30.1 Å². The Morgan fingerprint density at radius 1 is 1.38 bits per heavy atom. The summed E-state index contributed by atoms with van der Waals surface area (Å²) in [7, 11) is -3.39. The Labute approximate surface area is 137 Å². The van der Waals surface area contributed by atoms with Crippen LogP contribution in [0.5, 0.6) is 0 Å². The summed E-state index contributed by atoms with van der Waals surface area (Å²) in [5.41, 5.74) is 0.936. The van der Waals surface area contributed by atoms with Crippen LogP contribution in [0.1, 0.15) is 16.8 Å². The van der Waals surface area contributed by atoms with Crippen molar-refractivity contribution in [2.45, 2.75) is 24.6 Å². The molecule has 1 saturated heterocycles. The first-order valence-corrected chi connectivity index (χ1v) is 9.39. The SMILES string of the molecule is CS(=O)(=O)N[C@H]1[C@H](NC(=O)c2ccc3nnnn3c2)[C@@H]2CCO[C@@H]21. The average Bonchev–Trinajstić information content (AvgIpc) is 3.15. The minimum Gasteiger partial charge on any atom is -0.376 e. The standard InChI is InChI=1S/C13H16N6O4S/c1-24(21,22)16-11-10(8-4-5-23-12(8)11)14-13(20)7-2-3-9-15-17-18-19(9)6-7/h2-3,6,8,10-12,16H,4-5H2,1H3,(H,14,20)/t8-,10+,11-,12-/m0/s1. The molecule has 4 rings (SSSR count). The fraction of sp³-hybridized carbons (Fsp3) is 0.538. The molecule has 1 saturated carbocycles. The molecule has 2 aromatic heterocycles. The van der Waals surface area contributed by atoms with Crippen LogP contribution in [-0.4, -0.2) is 65.4 Å². The zero-order valence-corrected chi connectivity index (χ0v) is 13.6. The van der Waals surface area contributed by atoms with E-state index in [1.54, 1.807) is 12.1 Å². The number of nitrogens with zero attached hydrogens (tertiary/aromatic N) is 4. The summed E-state index contributed by atoms with van der Waals surface area (Å²) in [5.74, 6) is -0.187. The quantitative estimate of drug-likeness (QED) is 0.690. The molecule has 128 valence electrons. The molecule has 1 aliphatic carbocycles. The normalized spacial score (nSPS) is 29.2. The van der Waals surface area contributed by atoms with E-state index in [1.807, 2.05) is 0 Å². The van der Waals surface area contributed by atoms with Gasteiger partial charge in [0, 0.05) is 18.7 Å². The van der Waals surface area contributed by atoms with Gasteiger partial charge in [0.05, 0.1) is 30.0 Å². The van der Waals surface area contributed by atoms with E-state index in [4.69, 9.17) is 4.74 Å². The van der Waals surface area contributed by atoms with E-state index >= 15 is 0 Å². The third-order valence-corrected chi connectivity index (χ3v) is 5.19. The molecule has 1 amide bonds. The monoisotopic (exact) mass is 352 g/mol. The Kier molecular flexibility index (Phi) is 3.51. The van der Waals surface area contributed by atoms with Crippen LogP contribution >= 0.6 is 0 Å². The second kappa shape index (κ2) is 5.46. The summed E-state index contributed by atoms with van der Waals surface area (Å²) < 4.78 is 32.6. The van der Waals surface area contributed by atoms with Crippen LogP contribution in [0.25, 0.3) is 5.65 Å². The Balaban J connectivity index is 1.53. The van der Waals surface area contributed by atoms with Gasteiger partial charge >= 0.3 is 0 Å². The number of carbonyl (C=O) groups excluding carboxylic acids is 1. The van der Waals surface area contributed by atoms with Crippen LogP contribution in [0.15, 0.2) is 18.3 Å². The minimum absolute atomic E-state index is 0.116. The summed E-state index contributed by atoms with van der Waals surface area (Å²) in [6.45, 7) is 0.570. The number of aromatic nitrogens is 4. The number of amides is 1. The molecule has 2 aliphatic rings. The highest BCUT2D eigenvalue weighted by Gasteiger charge is 2.55. The number of tetrazole rings is 1. The molecule has 0 bridgehead atoms. The van der Waals surface area contributed by atoms with E-state index in [0.29, 0.717) is 17.8 Å². The highest BCUT2D eigenvalue weighted by molar-refractivity contribution is 7.88. The van der Waals surface area contributed by atoms with E-state index in [9.17, 15) is 13.2 Å². The third kappa shape index (κ3) is 2.64. The zero-order valence-electron chi connectivity index (χ0n) is 12.8. The molecule has 1 aliphatic heterocycles. The fourth-order valence-corrected chi connectivity index (χ4v) is 4.18. The number of sulfonamides is 1. The van der Waals surface area contributed by atoms with Gasteiger partial charge < -0.3 is 10.1 Å². The number of pyridine rings is 1. The van der Waals surface area contributed by atoms with Crippen molar-refractivity contribution in [2.75, 3.05) is 12.9 Å². The Morgan fingerprint density at radius 3 is 3.00 bits per heavy atom. The molecule has 2 fully saturated rings. The van der Waals surface area contributed by atoms with Gasteiger partial charge in [0.2, 0.25) is 10.0 Å². The van der Waals surface area contributed by atoms with Gasteiger partial charge in [-0.3, -0.25) is 4.79 Å². The van der Waals surface area contributed by atoms with Gasteiger partial charge in [0.15, 0.2) is 5.65 Å². The van der Waals surface area contributed by atoms with Crippen molar-refractivity contribution in [2.24, 2.45) is 5.92 Å². The van der Waals surface area contributed by atoms with Crippen LogP contribution in [0.4, 0.5) is 0 Å². The second-order valence-corrected chi connectivity index (χ2v) is 7.88. The van der Waals surface area contributed by atoms with Gasteiger partial charge in [-0.05, 0) is 29.0 Å². The van der Waals surface area contributed by atoms with Crippen molar-refractivity contribution < 1.29 is 17.9 Å². The molecular formula is C13H16N6O4S. The first-order valence-electron chi connectivity index (χ1n) is 7.50. The van der Waals surface area contributed by atoms with Gasteiger partial charge in [-0.1, -0.05) is 0 Å². The number of hydrogen-bond donors (Lipinski definition) is 2. The van der Waals surface area contributed by atoms with Gasteiger partial charge in [0.1, 0.15) is 0 Å². The van der Waals surface area contributed by atoms with E-state index < -0.39 is 16.1 Å². The number of nitrogens with one attached hydrogen (secondary N) is 2. The Bertz CT molecular complexity index is 897. The largest absolute Gasteiger partial charge is 0.376 e. The second-order valence-electron chi connectivity index (χ2n) is 6.10. The molecule has 24 heavy (non-hydrogen) atoms. The Hall–Kier alpha value is -2.11. The zero-order chi connectivity index (χ0) is 16.9. The predicted octanol–water partition coefficient (Wildman–Crippen LogP) is -1.44. The number of hydrogen-bond acceptors (Lipinski definition) is 7. The molecule has 10 nitrogen and oxygen atoms in total. The van der Waals surface area contributed by atoms with E-state index in [1.165, 1.54) is 10.7 Å². The number of ether oxygens (including phenoxy) is 1. The molecule has 2 N–H and O–H groups in total. The lowest BCUT2D eigenvalue weighted by atomic mass is 9.72. The van der Waals surface area contributed by atoms with Crippen LogP contribution in [0.2, 0.25) is 0 Å². The maximum absolute atomic E-state index is 12.5. The van der Waals surface area contributed by atoms with Crippen LogP contribution in [0.3, 0.4) is 0 Å². The van der Waals surface area contributed by atoms with Crippen molar-refractivity contribution in [3.05, 3.63) is 23.9 Å². The molecule has 0 aromatic carbocycles. The summed E-state index contributed by atoms with van der Waals surface area (Å²) >= 11 is 0. The molecule has 4 atom stereocenters. The topological polar surface area (TPSA) is 128 Å². The van der Waals surface area contributed by atoms with Crippen LogP contribution in [0, 0.1) is 5.92 Å². The van der Waals surface area contributed by atoms with E-state index in [-0.39, 0.29) is 24.0 Å². The van der Waals surface area contributed by atoms with Gasteiger partial charge in [-0.25, -0.2) is 13.1 Å².